The van der Waals surface area contributed by atoms with Crippen LogP contribution in [0.3, 0.4) is 0 Å². The van der Waals surface area contributed by atoms with Crippen molar-refractivity contribution in [1.29, 1.82) is 0 Å². The van der Waals surface area contributed by atoms with Crippen molar-refractivity contribution in [2.45, 2.75) is 18.8 Å². The zero-order valence-electron chi connectivity index (χ0n) is 13.5. The molecule has 1 fully saturated rings. The molecule has 4 aromatic rings. The molecule has 0 spiro atoms. The summed E-state index contributed by atoms with van der Waals surface area (Å²) in [7, 11) is 0. The van der Waals surface area contributed by atoms with Crippen LogP contribution >= 0.6 is 34.3 Å². The van der Waals surface area contributed by atoms with E-state index in [2.05, 4.69) is 35.2 Å². The number of thiazole rings is 2. The first kappa shape index (κ1) is 15.6. The Morgan fingerprint density at radius 3 is 2.52 bits per heavy atom. The number of benzene rings is 2. The van der Waals surface area contributed by atoms with E-state index in [4.69, 9.17) is 21.6 Å². The standard InChI is InChI=1S/C19H16ClN3S2/c20-13-4-3-7-16-17(13)22-19(25-16)23-10-8-12(9-11-23)18-21-14-5-1-2-6-15(14)24-18/h1-7,12H,8-11H2. The molecule has 0 amide bonds. The van der Waals surface area contributed by atoms with Crippen LogP contribution in [0.5, 0.6) is 0 Å². The maximum absolute atomic E-state index is 6.27. The lowest BCUT2D eigenvalue weighted by Gasteiger charge is -2.30. The molecular formula is C19H16ClN3S2. The van der Waals surface area contributed by atoms with E-state index >= 15 is 0 Å². The van der Waals surface area contributed by atoms with Gasteiger partial charge in [0, 0.05) is 19.0 Å². The van der Waals surface area contributed by atoms with Gasteiger partial charge in [-0.25, -0.2) is 9.97 Å². The predicted octanol–water partition coefficient (Wildman–Crippen LogP) is 5.94. The third-order valence-corrected chi connectivity index (χ3v) is 7.37. The number of nitrogens with zero attached hydrogens (tertiary/aromatic N) is 3. The topological polar surface area (TPSA) is 29.0 Å². The minimum absolute atomic E-state index is 0.562. The number of hydrogen-bond acceptors (Lipinski definition) is 5. The number of anilines is 1. The fourth-order valence-corrected chi connectivity index (χ4v) is 5.87. The van der Waals surface area contributed by atoms with Crippen LogP contribution in [-0.2, 0) is 0 Å². The summed E-state index contributed by atoms with van der Waals surface area (Å²) in [5.74, 6) is 0.562. The zero-order chi connectivity index (χ0) is 16.8. The highest BCUT2D eigenvalue weighted by Crippen LogP contribution is 2.38. The third kappa shape index (κ3) is 2.80. The van der Waals surface area contributed by atoms with Crippen molar-refractivity contribution in [3.05, 3.63) is 52.5 Å². The number of aromatic nitrogens is 2. The molecule has 1 aliphatic rings. The van der Waals surface area contributed by atoms with Crippen molar-refractivity contribution in [3.8, 4) is 0 Å². The Bertz CT molecular complexity index is 1010. The van der Waals surface area contributed by atoms with Gasteiger partial charge in [-0.3, -0.25) is 0 Å². The van der Waals surface area contributed by atoms with Crippen molar-refractivity contribution in [2.75, 3.05) is 18.0 Å². The average Bonchev–Trinajstić information content (AvgIpc) is 3.27. The van der Waals surface area contributed by atoms with Gasteiger partial charge in [0.25, 0.3) is 0 Å². The maximum atomic E-state index is 6.27. The lowest BCUT2D eigenvalue weighted by atomic mass is 9.98. The molecule has 0 unspecified atom stereocenters. The molecule has 2 aromatic heterocycles. The number of hydrogen-bond donors (Lipinski definition) is 0. The van der Waals surface area contributed by atoms with Crippen LogP contribution in [0, 0.1) is 0 Å². The normalized spacial score (nSPS) is 16.1. The quantitative estimate of drug-likeness (QED) is 0.427. The zero-order valence-corrected chi connectivity index (χ0v) is 15.9. The van der Waals surface area contributed by atoms with Crippen LogP contribution in [0.2, 0.25) is 5.02 Å². The minimum Gasteiger partial charge on any atom is -0.348 e. The van der Waals surface area contributed by atoms with Crippen molar-refractivity contribution < 1.29 is 0 Å². The summed E-state index contributed by atoms with van der Waals surface area (Å²) in [5.41, 5.74) is 2.06. The van der Waals surface area contributed by atoms with Gasteiger partial charge in [-0.05, 0) is 37.1 Å². The molecule has 5 rings (SSSR count). The molecule has 0 bridgehead atoms. The van der Waals surface area contributed by atoms with Crippen LogP contribution in [0.15, 0.2) is 42.5 Å². The van der Waals surface area contributed by atoms with Crippen molar-refractivity contribution >= 4 is 59.8 Å². The SMILES string of the molecule is Clc1cccc2sc(N3CCC(c4nc5ccccc5s4)CC3)nc12. The van der Waals surface area contributed by atoms with Gasteiger partial charge in [-0.2, -0.15) is 0 Å². The van der Waals surface area contributed by atoms with E-state index in [0.717, 1.165) is 51.8 Å². The third-order valence-electron chi connectivity index (χ3n) is 4.78. The maximum Gasteiger partial charge on any atom is 0.186 e. The largest absolute Gasteiger partial charge is 0.348 e. The summed E-state index contributed by atoms with van der Waals surface area (Å²) >= 11 is 9.85. The Morgan fingerprint density at radius 2 is 1.72 bits per heavy atom. The van der Waals surface area contributed by atoms with Gasteiger partial charge in [0.05, 0.1) is 24.9 Å². The van der Waals surface area contributed by atoms with Crippen molar-refractivity contribution in [1.82, 2.24) is 9.97 Å². The molecule has 25 heavy (non-hydrogen) atoms. The molecule has 0 saturated carbocycles. The Kier molecular flexibility index (Phi) is 3.88. The number of piperidine rings is 1. The summed E-state index contributed by atoms with van der Waals surface area (Å²) in [5, 5.41) is 3.11. The second kappa shape index (κ2) is 6.24. The van der Waals surface area contributed by atoms with Crippen LogP contribution in [0.25, 0.3) is 20.4 Å². The summed E-state index contributed by atoms with van der Waals surface area (Å²) in [6, 6.07) is 14.4. The monoisotopic (exact) mass is 385 g/mol. The Hall–Kier alpha value is -1.69. The van der Waals surface area contributed by atoms with Crippen LogP contribution < -0.4 is 4.90 Å². The van der Waals surface area contributed by atoms with E-state index < -0.39 is 0 Å². The summed E-state index contributed by atoms with van der Waals surface area (Å²) in [6.45, 7) is 2.05. The highest BCUT2D eigenvalue weighted by molar-refractivity contribution is 7.22. The highest BCUT2D eigenvalue weighted by atomic mass is 35.5. The second-order valence-corrected chi connectivity index (χ2v) is 8.84. The first-order valence-electron chi connectivity index (χ1n) is 8.43. The Labute approximate surface area is 158 Å². The number of rotatable bonds is 2. The molecule has 6 heteroatoms. The molecule has 126 valence electrons. The second-order valence-electron chi connectivity index (χ2n) is 6.36. The van der Waals surface area contributed by atoms with Gasteiger partial charge in [-0.15, -0.1) is 11.3 Å². The first-order valence-corrected chi connectivity index (χ1v) is 10.4. The van der Waals surface area contributed by atoms with Crippen molar-refractivity contribution in [3.63, 3.8) is 0 Å². The fraction of sp³-hybridized carbons (Fsp3) is 0.263. The van der Waals surface area contributed by atoms with E-state index in [1.54, 1.807) is 11.3 Å². The van der Waals surface area contributed by atoms with Crippen LogP contribution in [0.4, 0.5) is 5.13 Å². The van der Waals surface area contributed by atoms with Gasteiger partial charge in [-0.1, -0.05) is 41.1 Å². The Morgan fingerprint density at radius 1 is 0.920 bits per heavy atom. The number of para-hydroxylation sites is 2. The van der Waals surface area contributed by atoms with Gasteiger partial charge in [0.15, 0.2) is 5.13 Å². The van der Waals surface area contributed by atoms with Gasteiger partial charge < -0.3 is 4.90 Å². The molecule has 1 aliphatic heterocycles. The molecule has 0 aliphatic carbocycles. The predicted molar refractivity (Wildman–Crippen MR) is 108 cm³/mol. The molecule has 1 saturated heterocycles. The fourth-order valence-electron chi connectivity index (χ4n) is 3.42. The average molecular weight is 386 g/mol. The smallest absolute Gasteiger partial charge is 0.186 e. The van der Waals surface area contributed by atoms with E-state index in [-0.39, 0.29) is 0 Å². The minimum atomic E-state index is 0.562. The van der Waals surface area contributed by atoms with Crippen LogP contribution in [0.1, 0.15) is 23.8 Å². The molecule has 0 atom stereocenters. The van der Waals surface area contributed by atoms with E-state index in [9.17, 15) is 0 Å². The molecule has 0 N–H and O–H groups in total. The van der Waals surface area contributed by atoms with Gasteiger partial charge in [0.2, 0.25) is 0 Å². The highest BCUT2D eigenvalue weighted by Gasteiger charge is 2.25. The van der Waals surface area contributed by atoms with E-state index in [1.807, 2.05) is 23.5 Å². The van der Waals surface area contributed by atoms with E-state index in [0.29, 0.717) is 5.92 Å². The Balaban J connectivity index is 1.35. The summed E-state index contributed by atoms with van der Waals surface area (Å²) < 4.78 is 2.46. The molecule has 2 aromatic carbocycles. The van der Waals surface area contributed by atoms with Gasteiger partial charge in [0.1, 0.15) is 5.52 Å². The molecule has 3 heterocycles. The number of halogens is 1. The lowest BCUT2D eigenvalue weighted by molar-refractivity contribution is 0.504. The molecule has 0 radical (unpaired) electrons. The van der Waals surface area contributed by atoms with Crippen LogP contribution in [-0.4, -0.2) is 23.1 Å². The number of fused-ring (bicyclic) bond motifs is 2. The van der Waals surface area contributed by atoms with Gasteiger partial charge >= 0.3 is 0 Å². The van der Waals surface area contributed by atoms with Crippen molar-refractivity contribution in [2.24, 2.45) is 0 Å². The van der Waals surface area contributed by atoms with E-state index in [1.165, 1.54) is 9.71 Å². The molecule has 3 nitrogen and oxygen atoms in total. The summed E-state index contributed by atoms with van der Waals surface area (Å²) in [6.07, 6.45) is 2.26. The summed E-state index contributed by atoms with van der Waals surface area (Å²) in [4.78, 5) is 12.0. The first-order chi connectivity index (χ1) is 12.3. The lowest BCUT2D eigenvalue weighted by Crippen LogP contribution is -2.32. The molecular weight excluding hydrogens is 370 g/mol.